The number of ketones is 1. The molecule has 0 saturated carbocycles. The molecule has 3 heterocycles. The molecule has 6 nitrogen and oxygen atoms in total. The molecule has 0 N–H and O–H groups in total. The minimum absolute atomic E-state index is 0. The second-order valence-corrected chi connectivity index (χ2v) is 8.94. The number of carbonyl (C=O) groups is 1. The molecule has 0 aliphatic carbocycles. The first-order valence-corrected chi connectivity index (χ1v) is 12.0. The van der Waals surface area contributed by atoms with Crippen LogP contribution in [0.4, 0.5) is 0 Å². The molecule has 2 atom stereocenters. The van der Waals surface area contributed by atoms with Gasteiger partial charge in [-0.3, -0.25) is 14.7 Å². The summed E-state index contributed by atoms with van der Waals surface area (Å²) in [6.45, 7) is 5.76. The van der Waals surface area contributed by atoms with Crippen LogP contribution in [0.1, 0.15) is 33.1 Å². The average Bonchev–Trinajstić information content (AvgIpc) is 3.74. The maximum Gasteiger partial charge on any atom is 0.193 e. The second-order valence-electron chi connectivity index (χ2n) is 8.94. The minimum Gasteiger partial charge on any atom is -0.497 e. The summed E-state index contributed by atoms with van der Waals surface area (Å²) in [7, 11) is 1.63. The number of nitrogens with zero attached hydrogens (tertiary/aromatic N) is 3. The van der Waals surface area contributed by atoms with Crippen molar-refractivity contribution in [1.82, 2.24) is 14.8 Å². The van der Waals surface area contributed by atoms with Crippen LogP contribution in [0.25, 0.3) is 0 Å². The first-order chi connectivity index (χ1) is 16.7. The average molecular weight is 530 g/mol. The van der Waals surface area contributed by atoms with Crippen LogP contribution < -0.4 is 4.74 Å². The summed E-state index contributed by atoms with van der Waals surface area (Å²) >= 11 is 0. The van der Waals surface area contributed by atoms with Crippen molar-refractivity contribution in [2.24, 2.45) is 0 Å². The van der Waals surface area contributed by atoms with Gasteiger partial charge in [-0.15, -0.1) is 24.8 Å². The maximum atomic E-state index is 13.5. The highest BCUT2D eigenvalue weighted by Crippen LogP contribution is 2.36. The highest BCUT2D eigenvalue weighted by molar-refractivity contribution is 6.10. The van der Waals surface area contributed by atoms with Crippen molar-refractivity contribution >= 4 is 30.6 Å². The molecular formula is C28H33Cl2N3O3. The van der Waals surface area contributed by atoms with E-state index in [1.165, 1.54) is 5.56 Å². The van der Waals surface area contributed by atoms with Crippen molar-refractivity contribution in [1.29, 1.82) is 0 Å². The highest BCUT2D eigenvalue weighted by atomic mass is 35.5. The minimum atomic E-state index is 0. The van der Waals surface area contributed by atoms with Crippen molar-refractivity contribution in [2.75, 3.05) is 46.4 Å². The van der Waals surface area contributed by atoms with Gasteiger partial charge < -0.3 is 14.4 Å². The first kappa shape index (κ1) is 28.1. The number of piperazine rings is 1. The van der Waals surface area contributed by atoms with Gasteiger partial charge in [-0.05, 0) is 53.9 Å². The molecule has 2 aliphatic rings. The number of rotatable bonds is 9. The third kappa shape index (κ3) is 6.64. The fraction of sp³-hybridized carbons (Fsp3) is 0.357. The topological polar surface area (TPSA) is 58.2 Å². The zero-order valence-electron chi connectivity index (χ0n) is 20.4. The highest BCUT2D eigenvalue weighted by Gasteiger charge is 2.40. The summed E-state index contributed by atoms with van der Waals surface area (Å²) in [5.41, 5.74) is 3.82. The molecule has 2 fully saturated rings. The molecule has 2 saturated heterocycles. The number of halogens is 2. The van der Waals surface area contributed by atoms with Gasteiger partial charge in [0, 0.05) is 56.2 Å². The van der Waals surface area contributed by atoms with Gasteiger partial charge in [-0.2, -0.15) is 0 Å². The Hall–Kier alpha value is -2.48. The van der Waals surface area contributed by atoms with Crippen molar-refractivity contribution in [3.8, 4) is 5.75 Å². The number of pyridine rings is 1. The van der Waals surface area contributed by atoms with Gasteiger partial charge in [-0.1, -0.05) is 24.3 Å². The lowest BCUT2D eigenvalue weighted by atomic mass is 9.91. The largest absolute Gasteiger partial charge is 0.497 e. The molecule has 0 radical (unpaired) electrons. The number of carbonyl (C=O) groups excluding carboxylic acids is 1. The zero-order valence-corrected chi connectivity index (χ0v) is 22.0. The van der Waals surface area contributed by atoms with Crippen LogP contribution in [0.15, 0.2) is 73.1 Å². The number of benzene rings is 2. The van der Waals surface area contributed by atoms with E-state index in [1.54, 1.807) is 7.11 Å². The molecule has 0 spiro atoms. The van der Waals surface area contributed by atoms with E-state index in [0.29, 0.717) is 5.56 Å². The summed E-state index contributed by atoms with van der Waals surface area (Å²) in [4.78, 5) is 22.6. The Kier molecular flexibility index (Phi) is 10.3. The van der Waals surface area contributed by atoms with Crippen LogP contribution in [0.3, 0.4) is 0 Å². The van der Waals surface area contributed by atoms with E-state index in [4.69, 9.17) is 9.47 Å². The van der Waals surface area contributed by atoms with Crippen LogP contribution in [0.5, 0.6) is 5.75 Å². The quantitative estimate of drug-likeness (QED) is 0.301. The van der Waals surface area contributed by atoms with Gasteiger partial charge in [0.05, 0.1) is 19.8 Å². The molecule has 0 bridgehead atoms. The fourth-order valence-electron chi connectivity index (χ4n) is 4.83. The monoisotopic (exact) mass is 529 g/mol. The van der Waals surface area contributed by atoms with E-state index in [0.717, 1.165) is 62.6 Å². The lowest BCUT2D eigenvalue weighted by Gasteiger charge is -2.39. The molecule has 1 aromatic heterocycles. The smallest absolute Gasteiger partial charge is 0.193 e. The van der Waals surface area contributed by atoms with E-state index in [-0.39, 0.29) is 42.7 Å². The van der Waals surface area contributed by atoms with Crippen molar-refractivity contribution in [3.63, 3.8) is 0 Å². The molecule has 2 unspecified atom stereocenters. The lowest BCUT2D eigenvalue weighted by Crippen LogP contribution is -2.49. The van der Waals surface area contributed by atoms with Crippen LogP contribution in [-0.4, -0.2) is 73.1 Å². The van der Waals surface area contributed by atoms with Crippen LogP contribution >= 0.6 is 24.8 Å². The number of aromatic nitrogens is 1. The standard InChI is InChI=1S/C28H31N3O3.2ClH/c1-33-23-8-6-22(7-9-23)28(32)25-5-3-2-4-24(25)27(26-20-34-26)31-18-16-30(17-19-31)15-12-21-10-13-29-14-11-21;;/h2-11,13-14,26-27H,12,15-20H2,1H3;2*1H. The predicted molar refractivity (Wildman–Crippen MR) is 146 cm³/mol. The van der Waals surface area contributed by atoms with E-state index >= 15 is 0 Å². The zero-order chi connectivity index (χ0) is 23.3. The van der Waals surface area contributed by atoms with Crippen molar-refractivity contribution in [3.05, 3.63) is 95.3 Å². The molecule has 0 amide bonds. The van der Waals surface area contributed by atoms with E-state index in [2.05, 4.69) is 33.0 Å². The summed E-state index contributed by atoms with van der Waals surface area (Å²) in [5.74, 6) is 0.788. The van der Waals surface area contributed by atoms with Gasteiger partial charge >= 0.3 is 0 Å². The van der Waals surface area contributed by atoms with Gasteiger partial charge in [0.1, 0.15) is 11.9 Å². The fourth-order valence-corrected chi connectivity index (χ4v) is 4.83. The third-order valence-electron chi connectivity index (χ3n) is 6.85. The van der Waals surface area contributed by atoms with Crippen LogP contribution in [0.2, 0.25) is 0 Å². The van der Waals surface area contributed by atoms with Crippen LogP contribution in [0, 0.1) is 0 Å². The molecule has 36 heavy (non-hydrogen) atoms. The molecule has 8 heteroatoms. The Bertz CT molecular complexity index is 1100. The number of hydrogen-bond acceptors (Lipinski definition) is 6. The first-order valence-electron chi connectivity index (χ1n) is 12.0. The van der Waals surface area contributed by atoms with Gasteiger partial charge in [0.15, 0.2) is 5.78 Å². The number of methoxy groups -OCH3 is 1. The molecule has 2 aromatic carbocycles. The summed E-state index contributed by atoms with van der Waals surface area (Å²) in [5, 5.41) is 0. The third-order valence-corrected chi connectivity index (χ3v) is 6.85. The van der Waals surface area contributed by atoms with Crippen molar-refractivity contribution in [2.45, 2.75) is 18.6 Å². The predicted octanol–water partition coefficient (Wildman–Crippen LogP) is 4.47. The molecule has 192 valence electrons. The van der Waals surface area contributed by atoms with Gasteiger partial charge in [0.25, 0.3) is 0 Å². The summed E-state index contributed by atoms with van der Waals surface area (Å²) < 4.78 is 11.0. The van der Waals surface area contributed by atoms with E-state index in [9.17, 15) is 4.79 Å². The normalized spacial score (nSPS) is 18.4. The summed E-state index contributed by atoms with van der Waals surface area (Å²) in [6.07, 6.45) is 4.90. The SMILES string of the molecule is COc1ccc(C(=O)c2ccccc2C(C2CO2)N2CCN(CCc3ccncc3)CC2)cc1.Cl.Cl. The molecule has 3 aromatic rings. The van der Waals surface area contributed by atoms with Crippen LogP contribution in [-0.2, 0) is 11.2 Å². The van der Waals surface area contributed by atoms with Gasteiger partial charge in [0.2, 0.25) is 0 Å². The molecular weight excluding hydrogens is 497 g/mol. The Morgan fingerprint density at radius 2 is 1.67 bits per heavy atom. The Labute approximate surface area is 225 Å². The Morgan fingerprint density at radius 3 is 2.31 bits per heavy atom. The summed E-state index contributed by atoms with van der Waals surface area (Å²) in [6, 6.07) is 19.6. The molecule has 2 aliphatic heterocycles. The number of ether oxygens (including phenoxy) is 2. The number of hydrogen-bond donors (Lipinski definition) is 0. The van der Waals surface area contributed by atoms with E-state index in [1.807, 2.05) is 54.9 Å². The molecule has 5 rings (SSSR count). The Morgan fingerprint density at radius 1 is 1.00 bits per heavy atom. The van der Waals surface area contributed by atoms with Crippen molar-refractivity contribution < 1.29 is 14.3 Å². The number of epoxide rings is 1. The second kappa shape index (κ2) is 13.2. The lowest BCUT2D eigenvalue weighted by molar-refractivity contribution is 0.0815. The maximum absolute atomic E-state index is 13.5. The van der Waals surface area contributed by atoms with Gasteiger partial charge in [-0.25, -0.2) is 0 Å². The van der Waals surface area contributed by atoms with E-state index < -0.39 is 0 Å². The Balaban J connectivity index is 0.00000180.